The van der Waals surface area contributed by atoms with Gasteiger partial charge in [0.25, 0.3) is 0 Å². The van der Waals surface area contributed by atoms with E-state index in [0.717, 1.165) is 4.90 Å². The molecule has 0 aliphatic carbocycles. The number of carbonyl (C=O) groups is 2. The molecule has 54 valence electrons. The summed E-state index contributed by atoms with van der Waals surface area (Å²) in [5, 5.41) is 6.04. The van der Waals surface area contributed by atoms with Gasteiger partial charge in [-0.3, -0.25) is 0 Å². The van der Waals surface area contributed by atoms with E-state index in [1.807, 2.05) is 0 Å². The molecule has 0 fully saturated rings. The average Bonchev–Trinajstić information content (AvgIpc) is 2.20. The second-order valence-electron chi connectivity index (χ2n) is 1.61. The van der Waals surface area contributed by atoms with E-state index < -0.39 is 12.1 Å². The predicted molar refractivity (Wildman–Crippen MR) is 33.1 cm³/mol. The van der Waals surface area contributed by atoms with Crippen LogP contribution in [0.15, 0.2) is 10.2 Å². The lowest BCUT2D eigenvalue weighted by Crippen LogP contribution is -2.29. The van der Waals surface area contributed by atoms with Crippen molar-refractivity contribution in [1.29, 1.82) is 0 Å². The van der Waals surface area contributed by atoms with Crippen molar-refractivity contribution >= 4 is 23.7 Å². The number of urea groups is 2. The molecule has 0 aromatic carbocycles. The van der Waals surface area contributed by atoms with Gasteiger partial charge in [0.1, 0.15) is 0 Å². The lowest BCUT2D eigenvalue weighted by Gasteiger charge is -2.05. The average molecular weight is 162 g/mol. The normalized spacial score (nSPS) is 17.1. The Kier molecular flexibility index (Phi) is 1.96. The van der Waals surface area contributed by atoms with Crippen LogP contribution in [0.1, 0.15) is 0 Å². The van der Waals surface area contributed by atoms with Crippen LogP contribution in [0.5, 0.6) is 0 Å². The molecule has 1 aliphatic rings. The molecule has 0 radical (unpaired) electrons. The van der Waals surface area contributed by atoms with E-state index in [4.69, 9.17) is 11.6 Å². The summed E-state index contributed by atoms with van der Waals surface area (Å²) >= 11 is 5.28. The first-order chi connectivity index (χ1) is 4.75. The second kappa shape index (κ2) is 2.74. The highest BCUT2D eigenvalue weighted by Gasteiger charge is 2.25. The van der Waals surface area contributed by atoms with Crippen molar-refractivity contribution in [3.05, 3.63) is 0 Å². The van der Waals surface area contributed by atoms with Crippen molar-refractivity contribution in [1.82, 2.24) is 4.90 Å². The van der Waals surface area contributed by atoms with Crippen LogP contribution in [0, 0.1) is 0 Å². The summed E-state index contributed by atoms with van der Waals surface area (Å²) in [6.45, 7) is 0.173. The van der Waals surface area contributed by atoms with Crippen LogP contribution in [-0.2, 0) is 0 Å². The van der Waals surface area contributed by atoms with Crippen molar-refractivity contribution in [3.8, 4) is 0 Å². The molecule has 0 atom stereocenters. The smallest absolute Gasteiger partial charge is 0.244 e. The Morgan fingerprint density at radius 1 is 1.30 bits per heavy atom. The molecular formula is C4H4ClN3O2. The fourth-order valence-electron chi connectivity index (χ4n) is 0.551. The van der Waals surface area contributed by atoms with Gasteiger partial charge in [0, 0.05) is 12.4 Å². The first-order valence-corrected chi connectivity index (χ1v) is 3.12. The molecule has 0 unspecified atom stereocenters. The van der Waals surface area contributed by atoms with E-state index >= 15 is 0 Å². The maximum atomic E-state index is 10.6. The minimum atomic E-state index is -0.634. The maximum absolute atomic E-state index is 10.6. The van der Waals surface area contributed by atoms with Gasteiger partial charge in [0.05, 0.1) is 0 Å². The number of amides is 4. The highest BCUT2D eigenvalue weighted by molar-refractivity contribution is 6.18. The molecule has 0 aromatic heterocycles. The Labute approximate surface area is 61.7 Å². The number of alkyl halides is 1. The quantitative estimate of drug-likeness (QED) is 0.572. The van der Waals surface area contributed by atoms with Crippen LogP contribution < -0.4 is 0 Å². The SMILES string of the molecule is O=C1N=NC(=O)N1CCCl. The van der Waals surface area contributed by atoms with Crippen molar-refractivity contribution in [2.45, 2.75) is 0 Å². The van der Waals surface area contributed by atoms with Gasteiger partial charge in [-0.25, -0.2) is 14.5 Å². The van der Waals surface area contributed by atoms with Gasteiger partial charge in [0.15, 0.2) is 0 Å². The van der Waals surface area contributed by atoms with E-state index in [2.05, 4.69) is 10.2 Å². The van der Waals surface area contributed by atoms with E-state index in [1.54, 1.807) is 0 Å². The van der Waals surface area contributed by atoms with Crippen LogP contribution in [-0.4, -0.2) is 29.4 Å². The topological polar surface area (TPSA) is 62.1 Å². The first kappa shape index (κ1) is 7.14. The summed E-state index contributed by atoms with van der Waals surface area (Å²) < 4.78 is 0. The summed E-state index contributed by atoms with van der Waals surface area (Å²) in [6.07, 6.45) is 0. The molecule has 0 saturated carbocycles. The molecule has 6 heteroatoms. The van der Waals surface area contributed by atoms with Gasteiger partial charge in [-0.05, 0) is 0 Å². The van der Waals surface area contributed by atoms with E-state index in [9.17, 15) is 9.59 Å². The number of hydrogen-bond donors (Lipinski definition) is 0. The summed E-state index contributed by atoms with van der Waals surface area (Å²) in [6, 6.07) is -1.27. The molecule has 4 amide bonds. The van der Waals surface area contributed by atoms with Crippen molar-refractivity contribution in [2.75, 3.05) is 12.4 Å². The molecule has 10 heavy (non-hydrogen) atoms. The molecule has 1 rings (SSSR count). The fourth-order valence-corrected chi connectivity index (χ4v) is 0.720. The number of azo groups is 1. The third-order valence-electron chi connectivity index (χ3n) is 0.991. The second-order valence-corrected chi connectivity index (χ2v) is 1.98. The van der Waals surface area contributed by atoms with Crippen LogP contribution in [0.25, 0.3) is 0 Å². The number of rotatable bonds is 2. The standard InChI is InChI=1S/C4H4ClN3O2/c5-1-2-8-3(9)6-7-4(8)10/h1-2H2. The Morgan fingerprint density at radius 3 is 2.20 bits per heavy atom. The predicted octanol–water partition coefficient (Wildman–Crippen LogP) is 1.23. The number of carbonyl (C=O) groups excluding carboxylic acids is 2. The maximum Gasteiger partial charge on any atom is 0.370 e. The first-order valence-electron chi connectivity index (χ1n) is 2.59. The lowest BCUT2D eigenvalue weighted by molar-refractivity contribution is 0.208. The van der Waals surface area contributed by atoms with Gasteiger partial charge in [-0.2, -0.15) is 0 Å². The molecular weight excluding hydrogens is 158 g/mol. The van der Waals surface area contributed by atoms with Crippen molar-refractivity contribution in [3.63, 3.8) is 0 Å². The number of halogens is 1. The highest BCUT2D eigenvalue weighted by Crippen LogP contribution is 2.06. The van der Waals surface area contributed by atoms with E-state index in [1.165, 1.54) is 0 Å². The van der Waals surface area contributed by atoms with Gasteiger partial charge in [-0.1, -0.05) is 10.2 Å². The Morgan fingerprint density at radius 2 is 1.80 bits per heavy atom. The Bertz CT molecular complexity index is 185. The van der Waals surface area contributed by atoms with Crippen LogP contribution >= 0.6 is 11.6 Å². The minimum absolute atomic E-state index is 0.173. The zero-order chi connectivity index (χ0) is 7.56. The number of hydrogen-bond acceptors (Lipinski definition) is 2. The van der Waals surface area contributed by atoms with Crippen LogP contribution in [0.2, 0.25) is 0 Å². The summed E-state index contributed by atoms with van der Waals surface area (Å²) in [4.78, 5) is 22.0. The molecule has 0 spiro atoms. The van der Waals surface area contributed by atoms with Crippen molar-refractivity contribution in [2.24, 2.45) is 10.2 Å². The van der Waals surface area contributed by atoms with Gasteiger partial charge < -0.3 is 0 Å². The van der Waals surface area contributed by atoms with E-state index in [0.29, 0.717) is 0 Å². The van der Waals surface area contributed by atoms with E-state index in [-0.39, 0.29) is 12.4 Å². The molecule has 0 N–H and O–H groups in total. The summed E-state index contributed by atoms with van der Waals surface area (Å²) in [7, 11) is 0. The summed E-state index contributed by atoms with van der Waals surface area (Å²) in [5.74, 6) is 0.211. The Hall–Kier alpha value is -0.970. The molecule has 0 aromatic rings. The minimum Gasteiger partial charge on any atom is -0.244 e. The monoisotopic (exact) mass is 161 g/mol. The summed E-state index contributed by atoms with van der Waals surface area (Å²) in [5.41, 5.74) is 0. The van der Waals surface area contributed by atoms with Gasteiger partial charge >= 0.3 is 12.1 Å². The lowest BCUT2D eigenvalue weighted by atomic mass is 10.6. The third kappa shape index (κ3) is 1.13. The zero-order valence-corrected chi connectivity index (χ0v) is 5.71. The van der Waals surface area contributed by atoms with Crippen LogP contribution in [0.4, 0.5) is 9.59 Å². The van der Waals surface area contributed by atoms with Crippen LogP contribution in [0.3, 0.4) is 0 Å². The highest BCUT2D eigenvalue weighted by atomic mass is 35.5. The van der Waals surface area contributed by atoms with Crippen molar-refractivity contribution < 1.29 is 9.59 Å². The third-order valence-corrected chi connectivity index (χ3v) is 1.16. The Balaban J connectivity index is 2.60. The molecule has 0 saturated heterocycles. The van der Waals surface area contributed by atoms with Gasteiger partial charge in [-0.15, -0.1) is 11.6 Å². The van der Waals surface area contributed by atoms with Gasteiger partial charge in [0.2, 0.25) is 0 Å². The molecule has 1 heterocycles. The fraction of sp³-hybridized carbons (Fsp3) is 0.500. The number of imide groups is 1. The number of nitrogens with zero attached hydrogens (tertiary/aromatic N) is 3. The molecule has 0 bridgehead atoms. The zero-order valence-electron chi connectivity index (χ0n) is 4.95. The molecule has 1 aliphatic heterocycles. The largest absolute Gasteiger partial charge is 0.370 e. The molecule has 5 nitrogen and oxygen atoms in total.